The van der Waals surface area contributed by atoms with Crippen molar-refractivity contribution in [3.8, 4) is 5.75 Å². The Morgan fingerprint density at radius 2 is 1.89 bits per heavy atom. The Kier molecular flexibility index (Phi) is 5.04. The van der Waals surface area contributed by atoms with Crippen LogP contribution in [0.15, 0.2) is 29.7 Å². The Labute approximate surface area is 119 Å². The minimum Gasteiger partial charge on any atom is -0.486 e. The summed E-state index contributed by atoms with van der Waals surface area (Å²) in [5.74, 6) is 0.686. The zero-order valence-electron chi connectivity index (χ0n) is 11.6. The Bertz CT molecular complexity index is 577. The fraction of sp³-hybridized carbons (Fsp3) is 0.429. The van der Waals surface area contributed by atoms with E-state index in [1.54, 1.807) is 25.1 Å². The van der Waals surface area contributed by atoms with Crippen molar-refractivity contribution in [2.24, 2.45) is 0 Å². The van der Waals surface area contributed by atoms with Crippen molar-refractivity contribution in [2.45, 2.75) is 44.6 Å². The van der Waals surface area contributed by atoms with E-state index >= 15 is 0 Å². The first-order valence-corrected chi connectivity index (χ1v) is 8.36. The van der Waals surface area contributed by atoms with Gasteiger partial charge in [0.05, 0.1) is 4.90 Å². The van der Waals surface area contributed by atoms with Crippen molar-refractivity contribution in [3.63, 3.8) is 0 Å². The summed E-state index contributed by atoms with van der Waals surface area (Å²) in [7, 11) is 1.73. The van der Waals surface area contributed by atoms with Crippen LogP contribution in [0.1, 0.15) is 37.8 Å². The number of hydrogen-bond acceptors (Lipinski definition) is 3. The van der Waals surface area contributed by atoms with Gasteiger partial charge in [-0.15, -0.1) is 0 Å². The standard InChI is InChI=1S/C14H19ClO3S/c1-6-11(5)18-13-8-12(9(2)3)14(7-10(13)4)19(15,16)17/h6-9,11H,1H2,2-5H3. The molecule has 1 unspecified atom stereocenters. The van der Waals surface area contributed by atoms with E-state index < -0.39 is 9.05 Å². The summed E-state index contributed by atoms with van der Waals surface area (Å²) >= 11 is 0. The highest BCUT2D eigenvalue weighted by Crippen LogP contribution is 2.33. The van der Waals surface area contributed by atoms with Gasteiger partial charge >= 0.3 is 0 Å². The Hall–Kier alpha value is -1.00. The molecule has 0 saturated heterocycles. The highest BCUT2D eigenvalue weighted by Gasteiger charge is 2.20. The molecule has 0 N–H and O–H groups in total. The Morgan fingerprint density at radius 1 is 1.32 bits per heavy atom. The van der Waals surface area contributed by atoms with E-state index in [4.69, 9.17) is 15.4 Å². The molecule has 0 aliphatic carbocycles. The van der Waals surface area contributed by atoms with Crippen molar-refractivity contribution >= 4 is 19.7 Å². The summed E-state index contributed by atoms with van der Waals surface area (Å²) in [6, 6.07) is 3.30. The van der Waals surface area contributed by atoms with E-state index in [1.165, 1.54) is 0 Å². The fourth-order valence-corrected chi connectivity index (χ4v) is 3.01. The summed E-state index contributed by atoms with van der Waals surface area (Å²) in [5.41, 5.74) is 1.39. The van der Waals surface area contributed by atoms with Gasteiger partial charge in [-0.1, -0.05) is 26.5 Å². The third-order valence-corrected chi connectivity index (χ3v) is 4.21. The minimum atomic E-state index is -3.76. The average Bonchev–Trinajstić information content (AvgIpc) is 2.29. The van der Waals surface area contributed by atoms with Crippen LogP contribution < -0.4 is 4.74 Å². The van der Waals surface area contributed by atoms with Crippen molar-refractivity contribution in [3.05, 3.63) is 35.9 Å². The van der Waals surface area contributed by atoms with Gasteiger partial charge in [0.2, 0.25) is 0 Å². The summed E-state index contributed by atoms with van der Waals surface area (Å²) in [6.07, 6.45) is 1.54. The van der Waals surface area contributed by atoms with Gasteiger partial charge < -0.3 is 4.74 Å². The number of ether oxygens (including phenoxy) is 1. The maximum absolute atomic E-state index is 11.6. The number of halogens is 1. The van der Waals surface area contributed by atoms with Crippen LogP contribution in [-0.2, 0) is 9.05 Å². The molecule has 0 aliphatic rings. The second kappa shape index (κ2) is 5.97. The lowest BCUT2D eigenvalue weighted by molar-refractivity contribution is 0.268. The van der Waals surface area contributed by atoms with Crippen LogP contribution >= 0.6 is 10.7 Å². The zero-order valence-corrected chi connectivity index (χ0v) is 13.2. The molecular formula is C14H19ClO3S. The quantitative estimate of drug-likeness (QED) is 0.610. The van der Waals surface area contributed by atoms with E-state index in [2.05, 4.69) is 6.58 Å². The molecule has 0 aromatic heterocycles. The maximum atomic E-state index is 11.6. The van der Waals surface area contributed by atoms with Gasteiger partial charge in [0.1, 0.15) is 11.9 Å². The van der Waals surface area contributed by atoms with Crippen molar-refractivity contribution in [1.82, 2.24) is 0 Å². The lowest BCUT2D eigenvalue weighted by Crippen LogP contribution is -2.10. The largest absolute Gasteiger partial charge is 0.486 e. The van der Waals surface area contributed by atoms with Crippen LogP contribution in [0.25, 0.3) is 0 Å². The first-order chi connectivity index (χ1) is 8.66. The zero-order chi connectivity index (χ0) is 14.8. The monoisotopic (exact) mass is 302 g/mol. The second-order valence-electron chi connectivity index (χ2n) is 4.81. The van der Waals surface area contributed by atoms with E-state index in [0.717, 1.165) is 5.56 Å². The Balaban J connectivity index is 3.41. The van der Waals surface area contributed by atoms with Crippen LogP contribution in [0.3, 0.4) is 0 Å². The first kappa shape index (κ1) is 16.1. The molecule has 0 aliphatic heterocycles. The van der Waals surface area contributed by atoms with Gasteiger partial charge in [-0.05, 0) is 43.0 Å². The predicted octanol–water partition coefficient (Wildman–Crippen LogP) is 4.00. The number of benzene rings is 1. The molecule has 5 heteroatoms. The van der Waals surface area contributed by atoms with Crippen molar-refractivity contribution in [1.29, 1.82) is 0 Å². The summed E-state index contributed by atoms with van der Waals surface area (Å²) in [6.45, 7) is 11.1. The molecule has 1 aromatic carbocycles. The van der Waals surface area contributed by atoms with E-state index in [0.29, 0.717) is 11.3 Å². The van der Waals surface area contributed by atoms with Crippen LogP contribution in [-0.4, -0.2) is 14.5 Å². The van der Waals surface area contributed by atoms with Crippen LogP contribution in [0.5, 0.6) is 5.75 Å². The molecule has 1 atom stereocenters. The summed E-state index contributed by atoms with van der Waals surface area (Å²) in [5, 5.41) is 0. The van der Waals surface area contributed by atoms with Crippen LogP contribution in [0.2, 0.25) is 0 Å². The lowest BCUT2D eigenvalue weighted by Gasteiger charge is -2.18. The average molecular weight is 303 g/mol. The molecule has 19 heavy (non-hydrogen) atoms. The van der Waals surface area contributed by atoms with Gasteiger partial charge in [-0.25, -0.2) is 8.42 Å². The predicted molar refractivity (Wildman–Crippen MR) is 78.6 cm³/mol. The minimum absolute atomic E-state index is 0.0329. The van der Waals surface area contributed by atoms with Gasteiger partial charge in [0, 0.05) is 10.7 Å². The SMILES string of the molecule is C=CC(C)Oc1cc(C(C)C)c(S(=O)(=O)Cl)cc1C. The molecule has 0 radical (unpaired) electrons. The van der Waals surface area contributed by atoms with Crippen LogP contribution in [0.4, 0.5) is 0 Å². The number of rotatable bonds is 5. The highest BCUT2D eigenvalue weighted by molar-refractivity contribution is 8.13. The van der Waals surface area contributed by atoms with Gasteiger partial charge in [0.25, 0.3) is 9.05 Å². The second-order valence-corrected chi connectivity index (χ2v) is 7.34. The van der Waals surface area contributed by atoms with Gasteiger partial charge in [-0.2, -0.15) is 0 Å². The van der Waals surface area contributed by atoms with E-state index in [9.17, 15) is 8.42 Å². The lowest BCUT2D eigenvalue weighted by atomic mass is 10.0. The third-order valence-electron chi connectivity index (χ3n) is 2.84. The molecule has 0 saturated carbocycles. The normalized spacial score (nSPS) is 13.4. The molecule has 0 bridgehead atoms. The molecule has 106 valence electrons. The smallest absolute Gasteiger partial charge is 0.261 e. The van der Waals surface area contributed by atoms with E-state index in [-0.39, 0.29) is 16.9 Å². The number of hydrogen-bond donors (Lipinski definition) is 0. The molecule has 1 aromatic rings. The van der Waals surface area contributed by atoms with Gasteiger partial charge in [-0.3, -0.25) is 0 Å². The summed E-state index contributed by atoms with van der Waals surface area (Å²) < 4.78 is 28.9. The molecule has 3 nitrogen and oxygen atoms in total. The molecule has 0 fully saturated rings. The molecule has 0 heterocycles. The molecular weight excluding hydrogens is 284 g/mol. The fourth-order valence-electron chi connectivity index (χ4n) is 1.71. The van der Waals surface area contributed by atoms with Crippen LogP contribution in [0, 0.1) is 6.92 Å². The maximum Gasteiger partial charge on any atom is 0.261 e. The highest BCUT2D eigenvalue weighted by atomic mass is 35.7. The van der Waals surface area contributed by atoms with Crippen molar-refractivity contribution < 1.29 is 13.2 Å². The molecule has 0 spiro atoms. The molecule has 1 rings (SSSR count). The summed E-state index contributed by atoms with van der Waals surface area (Å²) in [4.78, 5) is 0.153. The number of aryl methyl sites for hydroxylation is 1. The van der Waals surface area contributed by atoms with E-state index in [1.807, 2.05) is 20.8 Å². The first-order valence-electron chi connectivity index (χ1n) is 6.05. The molecule has 0 amide bonds. The van der Waals surface area contributed by atoms with Crippen molar-refractivity contribution in [2.75, 3.05) is 0 Å². The topological polar surface area (TPSA) is 43.4 Å². The Morgan fingerprint density at radius 3 is 2.32 bits per heavy atom. The third kappa shape index (κ3) is 3.98. The van der Waals surface area contributed by atoms with Gasteiger partial charge in [0.15, 0.2) is 0 Å².